The highest BCUT2D eigenvalue weighted by Crippen LogP contribution is 2.29. The van der Waals surface area contributed by atoms with E-state index in [2.05, 4.69) is 5.32 Å². The lowest BCUT2D eigenvalue weighted by molar-refractivity contribution is -0.137. The number of nitrogens with zero attached hydrogens (tertiary/aromatic N) is 1. The van der Waals surface area contributed by atoms with Gasteiger partial charge in [-0.15, -0.1) is 0 Å². The minimum atomic E-state index is -4.49. The van der Waals surface area contributed by atoms with Crippen LogP contribution in [0.3, 0.4) is 0 Å². The molecule has 0 aliphatic carbocycles. The van der Waals surface area contributed by atoms with Gasteiger partial charge >= 0.3 is 6.18 Å². The second kappa shape index (κ2) is 7.99. The van der Waals surface area contributed by atoms with Crippen LogP contribution in [0.5, 0.6) is 0 Å². The normalized spacial score (nSPS) is 11.1. The molecule has 0 saturated heterocycles. The van der Waals surface area contributed by atoms with Crippen molar-refractivity contribution in [3.05, 3.63) is 71.0 Å². The monoisotopic (exact) mass is 368 g/mol. The number of hydrogen-bond acceptors (Lipinski definition) is 2. The van der Waals surface area contributed by atoms with Crippen LogP contribution in [0.25, 0.3) is 0 Å². The lowest BCUT2D eigenvalue weighted by atomic mass is 10.1. The van der Waals surface area contributed by atoms with Gasteiger partial charge in [-0.25, -0.2) is 4.39 Å². The highest BCUT2D eigenvalue weighted by atomic mass is 19.4. The Labute approximate surface area is 147 Å². The number of benzene rings is 2. The van der Waals surface area contributed by atoms with Crippen LogP contribution in [0.4, 0.5) is 17.6 Å². The average molecular weight is 368 g/mol. The Kier molecular flexibility index (Phi) is 5.97. The average Bonchev–Trinajstić information content (AvgIpc) is 2.60. The van der Waals surface area contributed by atoms with Gasteiger partial charge in [0.05, 0.1) is 12.1 Å². The van der Waals surface area contributed by atoms with Gasteiger partial charge in [-0.2, -0.15) is 13.2 Å². The number of alkyl halides is 3. The molecule has 2 aromatic carbocycles. The molecule has 2 aromatic rings. The zero-order chi connectivity index (χ0) is 19.3. The van der Waals surface area contributed by atoms with E-state index in [1.807, 2.05) is 0 Å². The van der Waals surface area contributed by atoms with Crippen LogP contribution in [0, 0.1) is 5.82 Å². The molecule has 0 fully saturated rings. The second-order valence-corrected chi connectivity index (χ2v) is 5.60. The predicted molar refractivity (Wildman–Crippen MR) is 86.7 cm³/mol. The number of carbonyl (C=O) groups excluding carboxylic acids is 2. The molecule has 0 aliphatic heterocycles. The summed E-state index contributed by atoms with van der Waals surface area (Å²) in [5.74, 6) is -1.58. The van der Waals surface area contributed by atoms with Crippen LogP contribution >= 0.6 is 0 Å². The molecule has 0 heterocycles. The molecule has 0 aliphatic rings. The molecule has 0 bridgehead atoms. The van der Waals surface area contributed by atoms with Crippen molar-refractivity contribution >= 4 is 11.8 Å². The Morgan fingerprint density at radius 3 is 2.23 bits per heavy atom. The van der Waals surface area contributed by atoms with Gasteiger partial charge in [0.15, 0.2) is 0 Å². The van der Waals surface area contributed by atoms with E-state index in [-0.39, 0.29) is 18.7 Å². The third-order valence-corrected chi connectivity index (χ3v) is 3.67. The lowest BCUT2D eigenvalue weighted by Gasteiger charge is -2.18. The molecule has 2 rings (SSSR count). The lowest BCUT2D eigenvalue weighted by Crippen LogP contribution is -2.38. The quantitative estimate of drug-likeness (QED) is 0.824. The van der Waals surface area contributed by atoms with E-state index in [0.717, 1.165) is 24.3 Å². The van der Waals surface area contributed by atoms with Crippen LogP contribution in [0.1, 0.15) is 21.5 Å². The fraction of sp³-hybridized carbons (Fsp3) is 0.222. The maximum Gasteiger partial charge on any atom is 0.416 e. The van der Waals surface area contributed by atoms with E-state index in [1.54, 1.807) is 12.1 Å². The molecule has 138 valence electrons. The van der Waals surface area contributed by atoms with Gasteiger partial charge in [0.2, 0.25) is 5.91 Å². The highest BCUT2D eigenvalue weighted by molar-refractivity contribution is 5.96. The van der Waals surface area contributed by atoms with Gasteiger partial charge in [-0.1, -0.05) is 18.2 Å². The Hall–Kier alpha value is -2.90. The molecule has 2 amide bonds. The second-order valence-electron chi connectivity index (χ2n) is 5.60. The van der Waals surface area contributed by atoms with Gasteiger partial charge in [0.1, 0.15) is 5.82 Å². The maximum atomic E-state index is 13.6. The molecule has 0 radical (unpaired) electrons. The van der Waals surface area contributed by atoms with Crippen molar-refractivity contribution in [1.29, 1.82) is 0 Å². The first-order valence-corrected chi connectivity index (χ1v) is 7.61. The molecule has 1 N–H and O–H groups in total. The first kappa shape index (κ1) is 19.4. The summed E-state index contributed by atoms with van der Waals surface area (Å²) < 4.78 is 51.1. The summed E-state index contributed by atoms with van der Waals surface area (Å²) in [5, 5.41) is 2.33. The topological polar surface area (TPSA) is 49.4 Å². The van der Waals surface area contributed by atoms with Crippen LogP contribution in [0.2, 0.25) is 0 Å². The molecule has 0 aromatic heterocycles. The summed E-state index contributed by atoms with van der Waals surface area (Å²) in [6.45, 7) is -0.327. The van der Waals surface area contributed by atoms with Gasteiger partial charge in [-0.05, 0) is 30.3 Å². The smallest absolute Gasteiger partial charge is 0.343 e. The standard InChI is InChI=1S/C18H16F4N2O2/c1-24(11-13-4-2-3-5-15(13)19)16(25)10-23-17(26)12-6-8-14(9-7-12)18(20,21)22/h2-9H,10-11H2,1H3,(H,23,26). The fourth-order valence-electron chi connectivity index (χ4n) is 2.17. The van der Waals surface area contributed by atoms with Crippen LogP contribution in [-0.4, -0.2) is 30.3 Å². The third-order valence-electron chi connectivity index (χ3n) is 3.67. The number of hydrogen-bond donors (Lipinski definition) is 1. The summed E-state index contributed by atoms with van der Waals surface area (Å²) >= 11 is 0. The van der Waals surface area contributed by atoms with Crippen molar-refractivity contribution in [2.45, 2.75) is 12.7 Å². The van der Waals surface area contributed by atoms with Crippen LogP contribution < -0.4 is 5.32 Å². The largest absolute Gasteiger partial charge is 0.416 e. The zero-order valence-corrected chi connectivity index (χ0v) is 13.8. The van der Waals surface area contributed by atoms with Gasteiger partial charge < -0.3 is 10.2 Å². The Morgan fingerprint density at radius 1 is 1.04 bits per heavy atom. The van der Waals surface area contributed by atoms with Crippen molar-refractivity contribution in [3.8, 4) is 0 Å². The summed E-state index contributed by atoms with van der Waals surface area (Å²) in [4.78, 5) is 25.2. The molecule has 0 saturated carbocycles. The molecule has 0 spiro atoms. The third kappa shape index (κ3) is 5.05. The molecule has 0 atom stereocenters. The van der Waals surface area contributed by atoms with E-state index in [1.165, 1.54) is 24.1 Å². The first-order valence-electron chi connectivity index (χ1n) is 7.61. The van der Waals surface area contributed by atoms with Crippen molar-refractivity contribution in [2.75, 3.05) is 13.6 Å². The number of carbonyl (C=O) groups is 2. The molecule has 4 nitrogen and oxygen atoms in total. The Morgan fingerprint density at radius 2 is 1.65 bits per heavy atom. The molecule has 8 heteroatoms. The number of nitrogens with one attached hydrogen (secondary N) is 1. The summed E-state index contributed by atoms with van der Waals surface area (Å²) in [7, 11) is 1.46. The molecular weight excluding hydrogens is 352 g/mol. The van der Waals surface area contributed by atoms with E-state index in [0.29, 0.717) is 5.56 Å². The van der Waals surface area contributed by atoms with Crippen LogP contribution in [-0.2, 0) is 17.5 Å². The van der Waals surface area contributed by atoms with Crippen molar-refractivity contribution in [2.24, 2.45) is 0 Å². The minimum Gasteiger partial charge on any atom is -0.343 e. The van der Waals surface area contributed by atoms with Crippen molar-refractivity contribution < 1.29 is 27.2 Å². The van der Waals surface area contributed by atoms with Gasteiger partial charge in [-0.3, -0.25) is 9.59 Å². The van der Waals surface area contributed by atoms with E-state index < -0.39 is 29.4 Å². The SMILES string of the molecule is CN(Cc1ccccc1F)C(=O)CNC(=O)c1ccc(C(F)(F)F)cc1. The molecule has 26 heavy (non-hydrogen) atoms. The Bertz CT molecular complexity index is 789. The fourth-order valence-corrected chi connectivity index (χ4v) is 2.17. The highest BCUT2D eigenvalue weighted by Gasteiger charge is 2.30. The van der Waals surface area contributed by atoms with E-state index >= 15 is 0 Å². The van der Waals surface area contributed by atoms with E-state index in [4.69, 9.17) is 0 Å². The molecule has 0 unspecified atom stereocenters. The zero-order valence-electron chi connectivity index (χ0n) is 13.8. The number of amides is 2. The number of halogens is 4. The van der Waals surface area contributed by atoms with Crippen molar-refractivity contribution in [3.63, 3.8) is 0 Å². The minimum absolute atomic E-state index is 0.00237. The van der Waals surface area contributed by atoms with E-state index in [9.17, 15) is 27.2 Å². The van der Waals surface area contributed by atoms with Crippen LogP contribution in [0.15, 0.2) is 48.5 Å². The Balaban J connectivity index is 1.90. The van der Waals surface area contributed by atoms with Gasteiger partial charge in [0.25, 0.3) is 5.91 Å². The number of rotatable bonds is 5. The van der Waals surface area contributed by atoms with Gasteiger partial charge in [0, 0.05) is 24.7 Å². The summed E-state index contributed by atoms with van der Waals surface area (Å²) in [6.07, 6.45) is -4.49. The molecular formula is C18H16F4N2O2. The number of likely N-dealkylation sites (N-methyl/N-ethyl adjacent to an activating group) is 1. The first-order chi connectivity index (χ1) is 12.2. The predicted octanol–water partition coefficient (Wildman–Crippen LogP) is 3.23. The summed E-state index contributed by atoms with van der Waals surface area (Å²) in [6, 6.07) is 9.65. The van der Waals surface area contributed by atoms with Crippen molar-refractivity contribution in [1.82, 2.24) is 10.2 Å². The maximum absolute atomic E-state index is 13.6. The summed E-state index contributed by atoms with van der Waals surface area (Å²) in [5.41, 5.74) is -0.533.